The van der Waals surface area contributed by atoms with E-state index in [0.717, 1.165) is 31.6 Å². The minimum atomic E-state index is -3.70. The van der Waals surface area contributed by atoms with Gasteiger partial charge in [-0.1, -0.05) is 0 Å². The maximum Gasteiger partial charge on any atom is 0.251 e. The smallest absolute Gasteiger partial charge is 0.251 e. The van der Waals surface area contributed by atoms with Gasteiger partial charge < -0.3 is 14.9 Å². The van der Waals surface area contributed by atoms with E-state index in [1.165, 1.54) is 17.6 Å². The molecule has 220 valence electrons. The van der Waals surface area contributed by atoms with Crippen molar-refractivity contribution >= 4 is 27.3 Å². The minimum Gasteiger partial charge on any atom is -0.395 e. The Morgan fingerprint density at radius 2 is 1.66 bits per heavy atom. The van der Waals surface area contributed by atoms with Crippen molar-refractivity contribution in [2.75, 3.05) is 53.1 Å². The van der Waals surface area contributed by atoms with Crippen molar-refractivity contribution in [1.29, 1.82) is 0 Å². The third-order valence-corrected chi connectivity index (χ3v) is 9.48. The Labute approximate surface area is 236 Å². The third-order valence-electron chi connectivity index (χ3n) is 8.21. The van der Waals surface area contributed by atoms with Crippen molar-refractivity contribution in [1.82, 2.24) is 30.2 Å². The topological polar surface area (TPSA) is 142 Å². The van der Waals surface area contributed by atoms with Gasteiger partial charge in [0.25, 0.3) is 5.92 Å². The summed E-state index contributed by atoms with van der Waals surface area (Å²) in [5, 5.41) is 22.2. The van der Waals surface area contributed by atoms with Crippen LogP contribution in [0.25, 0.3) is 17.2 Å². The van der Waals surface area contributed by atoms with Crippen molar-refractivity contribution < 1.29 is 22.3 Å². The fourth-order valence-electron chi connectivity index (χ4n) is 5.52. The fourth-order valence-corrected chi connectivity index (χ4v) is 6.35. The van der Waals surface area contributed by atoms with Gasteiger partial charge in [0.1, 0.15) is 11.4 Å². The zero-order chi connectivity index (χ0) is 28.8. The highest BCUT2D eigenvalue weighted by Gasteiger charge is 2.44. The highest BCUT2D eigenvalue weighted by molar-refractivity contribution is 7.92. The molecule has 0 atom stereocenters. The molecule has 1 saturated carbocycles. The number of aliphatic hydroxyl groups excluding tert-OH is 1. The number of nitrogens with one attached hydrogen (secondary N) is 1. The Morgan fingerprint density at radius 1 is 0.951 bits per heavy atom. The van der Waals surface area contributed by atoms with Crippen LogP contribution >= 0.6 is 0 Å². The zero-order valence-electron chi connectivity index (χ0n) is 22.8. The summed E-state index contributed by atoms with van der Waals surface area (Å²) >= 11 is 0. The number of alkyl halides is 2. The molecule has 0 unspecified atom stereocenters. The second kappa shape index (κ2) is 10.4. The van der Waals surface area contributed by atoms with E-state index in [4.69, 9.17) is 5.11 Å². The molecule has 3 fully saturated rings. The normalized spacial score (nSPS) is 19.9. The van der Waals surface area contributed by atoms with E-state index in [9.17, 15) is 17.2 Å². The van der Waals surface area contributed by atoms with Gasteiger partial charge in [0.2, 0.25) is 21.8 Å². The molecule has 2 aliphatic heterocycles. The van der Waals surface area contributed by atoms with Crippen molar-refractivity contribution in [3.05, 3.63) is 30.0 Å². The van der Waals surface area contributed by atoms with Gasteiger partial charge in [-0.25, -0.2) is 27.2 Å². The lowest BCUT2D eigenvalue weighted by molar-refractivity contribution is -0.0222. The summed E-state index contributed by atoms with van der Waals surface area (Å²) < 4.78 is 54.5. The highest BCUT2D eigenvalue weighted by atomic mass is 32.2. The van der Waals surface area contributed by atoms with Crippen LogP contribution in [-0.4, -0.2) is 88.2 Å². The highest BCUT2D eigenvalue weighted by Crippen LogP contribution is 2.54. The quantitative estimate of drug-likeness (QED) is 0.403. The number of rotatable bonds is 8. The number of tetrazole rings is 1. The molecule has 3 aliphatic rings. The predicted molar refractivity (Wildman–Crippen MR) is 149 cm³/mol. The largest absolute Gasteiger partial charge is 0.395 e. The van der Waals surface area contributed by atoms with Gasteiger partial charge in [-0.15, -0.1) is 15.0 Å². The Bertz CT molecular complexity index is 1520. The summed E-state index contributed by atoms with van der Waals surface area (Å²) in [6.45, 7) is 3.29. The van der Waals surface area contributed by atoms with E-state index in [2.05, 4.69) is 35.0 Å². The monoisotopic (exact) mass is 589 g/mol. The van der Waals surface area contributed by atoms with Crippen LogP contribution in [0.3, 0.4) is 0 Å². The summed E-state index contributed by atoms with van der Waals surface area (Å²) in [6.07, 6.45) is 4.13. The Kier molecular flexibility index (Phi) is 7.04. The molecular weight excluding hydrogens is 556 g/mol. The Balaban J connectivity index is 1.30. The first kappa shape index (κ1) is 27.7. The molecule has 0 bridgehead atoms. The first-order valence-corrected chi connectivity index (χ1v) is 15.5. The van der Waals surface area contributed by atoms with Gasteiger partial charge in [-0.05, 0) is 67.5 Å². The van der Waals surface area contributed by atoms with Crippen molar-refractivity contribution in [3.8, 4) is 17.2 Å². The van der Waals surface area contributed by atoms with Crippen LogP contribution in [0, 0.1) is 12.3 Å². The number of sulfonamides is 1. The van der Waals surface area contributed by atoms with Crippen LogP contribution in [0.1, 0.15) is 44.2 Å². The van der Waals surface area contributed by atoms with Gasteiger partial charge in [0, 0.05) is 44.7 Å². The Morgan fingerprint density at radius 3 is 2.34 bits per heavy atom. The molecule has 2 N–H and O–H groups in total. The van der Waals surface area contributed by atoms with Crippen molar-refractivity contribution in [2.45, 2.75) is 51.4 Å². The second-order valence-corrected chi connectivity index (χ2v) is 13.1. The van der Waals surface area contributed by atoms with E-state index >= 15 is 0 Å². The molecule has 1 aliphatic carbocycles. The Hall–Kier alpha value is -3.46. The molecule has 2 saturated heterocycles. The molecule has 2 aromatic heterocycles. The van der Waals surface area contributed by atoms with E-state index in [-0.39, 0.29) is 31.8 Å². The van der Waals surface area contributed by atoms with E-state index in [0.29, 0.717) is 34.1 Å². The zero-order valence-corrected chi connectivity index (χ0v) is 23.6. The number of nitrogens with zero attached hydrogens (tertiary/aromatic N) is 8. The van der Waals surface area contributed by atoms with Gasteiger partial charge in [-0.2, -0.15) is 0 Å². The summed E-state index contributed by atoms with van der Waals surface area (Å²) in [7, 11) is -3.70. The van der Waals surface area contributed by atoms with Crippen molar-refractivity contribution in [2.24, 2.45) is 5.41 Å². The molecule has 1 spiro atoms. The summed E-state index contributed by atoms with van der Waals surface area (Å²) in [4.78, 5) is 14.4. The first-order valence-electron chi connectivity index (χ1n) is 13.8. The SMILES string of the molecule is Cc1cc(-c2nnn(-c3ccc(NS(=O)(=O)CCO)cc3N3CCC4(CC3)CC4)n2)nc(N2CCC(F)(F)CC2)n1. The molecule has 3 aromatic rings. The lowest BCUT2D eigenvalue weighted by Crippen LogP contribution is -2.40. The van der Waals surface area contributed by atoms with Gasteiger partial charge in [-0.3, -0.25) is 4.72 Å². The van der Waals surface area contributed by atoms with E-state index < -0.39 is 28.3 Å². The number of piperidine rings is 2. The number of anilines is 3. The molecule has 6 rings (SSSR count). The van der Waals surface area contributed by atoms with Crippen LogP contribution in [0.5, 0.6) is 0 Å². The molecule has 0 amide bonds. The van der Waals surface area contributed by atoms with Crippen LogP contribution in [-0.2, 0) is 10.0 Å². The van der Waals surface area contributed by atoms with E-state index in [1.54, 1.807) is 36.1 Å². The van der Waals surface area contributed by atoms with Crippen molar-refractivity contribution in [3.63, 3.8) is 0 Å². The maximum atomic E-state index is 13.7. The first-order chi connectivity index (χ1) is 19.5. The predicted octanol–water partition coefficient (Wildman–Crippen LogP) is 2.78. The number of aryl methyl sites for hydroxylation is 1. The van der Waals surface area contributed by atoms with E-state index in [1.807, 2.05) is 0 Å². The average Bonchev–Trinajstić information content (AvgIpc) is 3.48. The van der Waals surface area contributed by atoms with Crippen LogP contribution in [0.15, 0.2) is 24.3 Å². The summed E-state index contributed by atoms with van der Waals surface area (Å²) in [6, 6.07) is 6.85. The summed E-state index contributed by atoms with van der Waals surface area (Å²) in [5.74, 6) is -2.46. The van der Waals surface area contributed by atoms with Crippen LogP contribution < -0.4 is 14.5 Å². The number of halogens is 2. The standard InChI is InChI=1S/C26H33F2N9O3S/c1-18-16-20(30-24(29-18)36-12-8-26(27,28)9-13-36)23-31-34-37(32-23)21-3-2-19(33-41(39,40)15-14-38)17-22(21)35-10-6-25(4-5-25)7-11-35/h2-3,16-17,33,38H,4-15H2,1H3. The molecule has 41 heavy (non-hydrogen) atoms. The molecule has 0 radical (unpaired) electrons. The number of hydrogen-bond acceptors (Lipinski definition) is 10. The number of benzene rings is 1. The van der Waals surface area contributed by atoms with Crippen LogP contribution in [0.4, 0.5) is 26.1 Å². The van der Waals surface area contributed by atoms with Gasteiger partial charge >= 0.3 is 0 Å². The maximum absolute atomic E-state index is 13.7. The average molecular weight is 590 g/mol. The molecular formula is C26H33F2N9O3S. The third kappa shape index (κ3) is 6.10. The molecule has 12 nitrogen and oxygen atoms in total. The molecule has 4 heterocycles. The lowest BCUT2D eigenvalue weighted by Gasteiger charge is -2.34. The number of aliphatic hydroxyl groups is 1. The molecule has 1 aromatic carbocycles. The summed E-state index contributed by atoms with van der Waals surface area (Å²) in [5.41, 5.74) is 3.31. The van der Waals surface area contributed by atoms with Gasteiger partial charge in [0.15, 0.2) is 0 Å². The lowest BCUT2D eigenvalue weighted by atomic mass is 9.93. The number of hydrogen-bond donors (Lipinski definition) is 2. The molecule has 15 heteroatoms. The minimum absolute atomic E-state index is 0.158. The fraction of sp³-hybridized carbons (Fsp3) is 0.577. The van der Waals surface area contributed by atoms with Crippen LogP contribution in [0.2, 0.25) is 0 Å². The van der Waals surface area contributed by atoms with Gasteiger partial charge in [0.05, 0.1) is 23.7 Å². The second-order valence-electron chi connectivity index (χ2n) is 11.3. The number of aromatic nitrogens is 6.